The van der Waals surface area contributed by atoms with Crippen molar-refractivity contribution in [3.63, 3.8) is 0 Å². The Morgan fingerprint density at radius 2 is 1.79 bits per heavy atom. The van der Waals surface area contributed by atoms with Crippen LogP contribution in [0, 0.1) is 5.82 Å². The molecule has 1 aromatic carbocycles. The van der Waals surface area contributed by atoms with E-state index in [4.69, 9.17) is 5.11 Å². The maximum atomic E-state index is 12.6. The minimum Gasteiger partial charge on any atom is -0.391 e. The van der Waals surface area contributed by atoms with Crippen molar-refractivity contribution in [2.24, 2.45) is 0 Å². The molecule has 0 saturated carbocycles. The van der Waals surface area contributed by atoms with Crippen molar-refractivity contribution in [1.29, 1.82) is 0 Å². The second-order valence-electron chi connectivity index (χ2n) is 2.93. The van der Waals surface area contributed by atoms with E-state index in [2.05, 4.69) is 0 Å². The van der Waals surface area contributed by atoms with Gasteiger partial charge in [-0.25, -0.2) is 4.39 Å². The van der Waals surface area contributed by atoms with Crippen LogP contribution < -0.4 is 0 Å². The standard InChI is InChI=1S/C11H9FOS/c12-9-3-1-8(2-4-9)11-6-5-10(7-13)14-11/h1-6,13H,7H2. The molecule has 0 atom stereocenters. The maximum absolute atomic E-state index is 12.6. The van der Waals surface area contributed by atoms with Gasteiger partial charge in [0.15, 0.2) is 0 Å². The van der Waals surface area contributed by atoms with Gasteiger partial charge in [0.1, 0.15) is 5.82 Å². The molecule has 14 heavy (non-hydrogen) atoms. The van der Waals surface area contributed by atoms with Gasteiger partial charge in [-0.15, -0.1) is 11.3 Å². The van der Waals surface area contributed by atoms with Gasteiger partial charge in [0.25, 0.3) is 0 Å². The maximum Gasteiger partial charge on any atom is 0.123 e. The molecule has 0 bridgehead atoms. The molecule has 1 heterocycles. The van der Waals surface area contributed by atoms with E-state index in [1.54, 1.807) is 12.1 Å². The summed E-state index contributed by atoms with van der Waals surface area (Å²) in [5, 5.41) is 8.89. The van der Waals surface area contributed by atoms with Crippen LogP contribution in [0.1, 0.15) is 4.88 Å². The summed E-state index contributed by atoms with van der Waals surface area (Å²) in [5.74, 6) is -0.229. The molecule has 0 saturated heterocycles. The topological polar surface area (TPSA) is 20.2 Å². The van der Waals surface area contributed by atoms with E-state index in [-0.39, 0.29) is 12.4 Å². The van der Waals surface area contributed by atoms with E-state index < -0.39 is 0 Å². The van der Waals surface area contributed by atoms with Gasteiger partial charge in [-0.1, -0.05) is 12.1 Å². The molecule has 2 rings (SSSR count). The van der Waals surface area contributed by atoms with Crippen LogP contribution in [0.25, 0.3) is 10.4 Å². The van der Waals surface area contributed by atoms with E-state index in [0.29, 0.717) is 0 Å². The largest absolute Gasteiger partial charge is 0.391 e. The number of benzene rings is 1. The molecule has 0 fully saturated rings. The SMILES string of the molecule is OCc1ccc(-c2ccc(F)cc2)s1. The number of aliphatic hydroxyl groups is 1. The number of rotatable bonds is 2. The zero-order valence-electron chi connectivity index (χ0n) is 7.40. The van der Waals surface area contributed by atoms with Gasteiger partial charge in [-0.2, -0.15) is 0 Å². The first-order valence-corrected chi connectivity index (χ1v) is 5.07. The van der Waals surface area contributed by atoms with Crippen LogP contribution in [0.5, 0.6) is 0 Å². The van der Waals surface area contributed by atoms with Crippen LogP contribution in [0.15, 0.2) is 36.4 Å². The highest BCUT2D eigenvalue weighted by Gasteiger charge is 2.01. The van der Waals surface area contributed by atoms with Crippen molar-refractivity contribution >= 4 is 11.3 Å². The van der Waals surface area contributed by atoms with Crippen LogP contribution in [0.2, 0.25) is 0 Å². The number of aliphatic hydroxyl groups excluding tert-OH is 1. The molecule has 2 aromatic rings. The molecular formula is C11H9FOS. The molecule has 1 N–H and O–H groups in total. The highest BCUT2D eigenvalue weighted by molar-refractivity contribution is 7.15. The van der Waals surface area contributed by atoms with Crippen LogP contribution >= 0.6 is 11.3 Å². The lowest BCUT2D eigenvalue weighted by Gasteiger charge is -1.95. The summed E-state index contributed by atoms with van der Waals surface area (Å²) in [6, 6.07) is 10.2. The summed E-state index contributed by atoms with van der Waals surface area (Å²) in [4.78, 5) is 1.97. The Morgan fingerprint density at radius 1 is 1.07 bits per heavy atom. The molecule has 3 heteroatoms. The average Bonchev–Trinajstić information content (AvgIpc) is 2.67. The molecule has 0 radical (unpaired) electrons. The first-order valence-electron chi connectivity index (χ1n) is 4.25. The van der Waals surface area contributed by atoms with Gasteiger partial charge in [0, 0.05) is 9.75 Å². The molecule has 0 spiro atoms. The number of hydrogen-bond acceptors (Lipinski definition) is 2. The predicted octanol–water partition coefficient (Wildman–Crippen LogP) is 3.05. The van der Waals surface area contributed by atoms with E-state index >= 15 is 0 Å². The fourth-order valence-corrected chi connectivity index (χ4v) is 2.11. The first-order chi connectivity index (χ1) is 6.79. The Bertz CT molecular complexity index is 419. The predicted molar refractivity (Wildman–Crippen MR) is 55.6 cm³/mol. The molecule has 72 valence electrons. The Hall–Kier alpha value is -1.19. The van der Waals surface area contributed by atoms with Crippen molar-refractivity contribution < 1.29 is 9.50 Å². The molecule has 0 unspecified atom stereocenters. The van der Waals surface area contributed by atoms with Gasteiger partial charge in [-0.3, -0.25) is 0 Å². The van der Waals surface area contributed by atoms with Crippen molar-refractivity contribution in [2.75, 3.05) is 0 Å². The summed E-state index contributed by atoms with van der Waals surface area (Å²) in [5.41, 5.74) is 0.983. The van der Waals surface area contributed by atoms with Crippen molar-refractivity contribution in [1.82, 2.24) is 0 Å². The quantitative estimate of drug-likeness (QED) is 0.804. The van der Waals surface area contributed by atoms with E-state index in [9.17, 15) is 4.39 Å². The molecule has 0 aliphatic carbocycles. The van der Waals surface area contributed by atoms with Gasteiger partial charge >= 0.3 is 0 Å². The summed E-state index contributed by atoms with van der Waals surface area (Å²) in [7, 11) is 0. The highest BCUT2D eigenvalue weighted by Crippen LogP contribution is 2.27. The second kappa shape index (κ2) is 3.90. The molecule has 0 aliphatic heterocycles. The van der Waals surface area contributed by atoms with Crippen LogP contribution in [0.3, 0.4) is 0 Å². The fraction of sp³-hybridized carbons (Fsp3) is 0.0909. The molecule has 0 amide bonds. The molecule has 0 aliphatic rings. The highest BCUT2D eigenvalue weighted by atomic mass is 32.1. The number of thiophene rings is 1. The monoisotopic (exact) mass is 208 g/mol. The number of halogens is 1. The van der Waals surface area contributed by atoms with Gasteiger partial charge in [0.2, 0.25) is 0 Å². The molecular weight excluding hydrogens is 199 g/mol. The van der Waals surface area contributed by atoms with Gasteiger partial charge < -0.3 is 5.11 Å². The zero-order chi connectivity index (χ0) is 9.97. The van der Waals surface area contributed by atoms with Crippen molar-refractivity contribution in [3.05, 3.63) is 47.1 Å². The molecule has 1 nitrogen and oxygen atoms in total. The second-order valence-corrected chi connectivity index (χ2v) is 4.10. The third-order valence-corrected chi connectivity index (χ3v) is 3.07. The van der Waals surface area contributed by atoms with E-state index in [0.717, 1.165) is 15.3 Å². The van der Waals surface area contributed by atoms with Crippen LogP contribution in [-0.2, 0) is 6.61 Å². The lowest BCUT2D eigenvalue weighted by Crippen LogP contribution is -1.74. The van der Waals surface area contributed by atoms with Crippen molar-refractivity contribution in [3.8, 4) is 10.4 Å². The van der Waals surface area contributed by atoms with Crippen molar-refractivity contribution in [2.45, 2.75) is 6.61 Å². The zero-order valence-corrected chi connectivity index (χ0v) is 8.22. The minimum absolute atomic E-state index is 0.0614. The number of hydrogen-bond donors (Lipinski definition) is 1. The minimum atomic E-state index is -0.229. The lowest BCUT2D eigenvalue weighted by molar-refractivity contribution is 0.285. The van der Waals surface area contributed by atoms with E-state index in [1.807, 2.05) is 12.1 Å². The van der Waals surface area contributed by atoms with Crippen LogP contribution in [-0.4, -0.2) is 5.11 Å². The third kappa shape index (κ3) is 1.84. The third-order valence-electron chi connectivity index (χ3n) is 1.95. The van der Waals surface area contributed by atoms with Gasteiger partial charge in [0.05, 0.1) is 6.61 Å². The Morgan fingerprint density at radius 3 is 2.36 bits per heavy atom. The summed E-state index contributed by atoms with van der Waals surface area (Å²) < 4.78 is 12.6. The Balaban J connectivity index is 2.34. The normalized spacial score (nSPS) is 10.4. The fourth-order valence-electron chi connectivity index (χ4n) is 1.23. The van der Waals surface area contributed by atoms with E-state index in [1.165, 1.54) is 23.5 Å². The Kier molecular flexibility index (Phi) is 2.61. The molecule has 1 aromatic heterocycles. The lowest BCUT2D eigenvalue weighted by atomic mass is 10.2. The van der Waals surface area contributed by atoms with Crippen LogP contribution in [0.4, 0.5) is 4.39 Å². The summed E-state index contributed by atoms with van der Waals surface area (Å²) in [6.07, 6.45) is 0. The Labute approximate surface area is 85.5 Å². The first kappa shape index (κ1) is 9.37. The average molecular weight is 208 g/mol. The summed E-state index contributed by atoms with van der Waals surface area (Å²) in [6.45, 7) is 0.0614. The smallest absolute Gasteiger partial charge is 0.123 e. The summed E-state index contributed by atoms with van der Waals surface area (Å²) >= 11 is 1.52. The van der Waals surface area contributed by atoms with Gasteiger partial charge in [-0.05, 0) is 29.8 Å².